The molecule has 0 saturated carbocycles. The average molecular weight is 285 g/mol. The molecule has 0 fully saturated rings. The third-order valence-corrected chi connectivity index (χ3v) is 3.73. The Hall–Kier alpha value is -2.00. The predicted octanol–water partition coefficient (Wildman–Crippen LogP) is 3.60. The van der Waals surface area contributed by atoms with Crippen molar-refractivity contribution in [3.63, 3.8) is 0 Å². The topological polar surface area (TPSA) is 30.5 Å². The molecule has 0 aliphatic heterocycles. The van der Waals surface area contributed by atoms with Crippen molar-refractivity contribution in [2.75, 3.05) is 21.3 Å². The van der Waals surface area contributed by atoms with Gasteiger partial charge in [0.2, 0.25) is 0 Å². The van der Waals surface area contributed by atoms with Gasteiger partial charge in [0.15, 0.2) is 0 Å². The Morgan fingerprint density at radius 3 is 2.29 bits per heavy atom. The number of ether oxygens (including phenoxy) is 2. The lowest BCUT2D eigenvalue weighted by molar-refractivity contribution is 0.412. The van der Waals surface area contributed by atoms with E-state index in [0.29, 0.717) is 6.04 Å². The first-order valence-electron chi connectivity index (χ1n) is 7.21. The van der Waals surface area contributed by atoms with Crippen LogP contribution in [0.1, 0.15) is 23.6 Å². The van der Waals surface area contributed by atoms with Gasteiger partial charge < -0.3 is 14.8 Å². The van der Waals surface area contributed by atoms with Gasteiger partial charge in [-0.15, -0.1) is 0 Å². The van der Waals surface area contributed by atoms with Crippen molar-refractivity contribution in [3.05, 3.63) is 59.7 Å². The largest absolute Gasteiger partial charge is 0.497 e. The van der Waals surface area contributed by atoms with E-state index in [0.717, 1.165) is 24.3 Å². The Labute approximate surface area is 126 Å². The van der Waals surface area contributed by atoms with Gasteiger partial charge in [0.05, 0.1) is 14.2 Å². The SMILES string of the molecule is CNC(CCc1ccc(OC)cc1)c1cccc(OC)c1. The summed E-state index contributed by atoms with van der Waals surface area (Å²) >= 11 is 0. The van der Waals surface area contributed by atoms with E-state index >= 15 is 0 Å². The van der Waals surface area contributed by atoms with Crippen molar-refractivity contribution in [2.24, 2.45) is 0 Å². The van der Waals surface area contributed by atoms with Crippen LogP contribution in [0, 0.1) is 0 Å². The second-order valence-electron chi connectivity index (χ2n) is 5.00. The summed E-state index contributed by atoms with van der Waals surface area (Å²) in [6, 6.07) is 16.8. The Morgan fingerprint density at radius 1 is 0.952 bits per heavy atom. The summed E-state index contributed by atoms with van der Waals surface area (Å²) in [4.78, 5) is 0. The van der Waals surface area contributed by atoms with Crippen molar-refractivity contribution in [2.45, 2.75) is 18.9 Å². The van der Waals surface area contributed by atoms with Crippen LogP contribution in [-0.2, 0) is 6.42 Å². The highest BCUT2D eigenvalue weighted by molar-refractivity contribution is 5.31. The van der Waals surface area contributed by atoms with Crippen molar-refractivity contribution < 1.29 is 9.47 Å². The van der Waals surface area contributed by atoms with Gasteiger partial charge in [0.25, 0.3) is 0 Å². The third kappa shape index (κ3) is 4.23. The normalized spacial score (nSPS) is 12.0. The maximum Gasteiger partial charge on any atom is 0.119 e. The summed E-state index contributed by atoms with van der Waals surface area (Å²) in [7, 11) is 5.39. The molecule has 0 bridgehead atoms. The molecule has 2 aromatic carbocycles. The van der Waals surface area contributed by atoms with Crippen molar-refractivity contribution >= 4 is 0 Å². The van der Waals surface area contributed by atoms with Crippen molar-refractivity contribution in [1.29, 1.82) is 0 Å². The van der Waals surface area contributed by atoms with E-state index in [1.807, 2.05) is 31.3 Å². The predicted molar refractivity (Wildman–Crippen MR) is 86.1 cm³/mol. The molecule has 0 spiro atoms. The second kappa shape index (κ2) is 7.70. The second-order valence-corrected chi connectivity index (χ2v) is 5.00. The molecular weight excluding hydrogens is 262 g/mol. The molecule has 0 saturated heterocycles. The average Bonchev–Trinajstić information content (AvgIpc) is 2.56. The minimum atomic E-state index is 0.321. The minimum Gasteiger partial charge on any atom is -0.497 e. The number of benzene rings is 2. The van der Waals surface area contributed by atoms with Crippen LogP contribution in [0.25, 0.3) is 0 Å². The third-order valence-electron chi connectivity index (χ3n) is 3.73. The van der Waals surface area contributed by atoms with E-state index < -0.39 is 0 Å². The first kappa shape index (κ1) is 15.4. The van der Waals surface area contributed by atoms with Crippen LogP contribution in [0.4, 0.5) is 0 Å². The fourth-order valence-corrected chi connectivity index (χ4v) is 2.44. The Kier molecular flexibility index (Phi) is 5.64. The lowest BCUT2D eigenvalue weighted by Crippen LogP contribution is -2.17. The zero-order valence-electron chi connectivity index (χ0n) is 12.9. The molecule has 0 aliphatic carbocycles. The maximum atomic E-state index is 5.30. The molecular formula is C18H23NO2. The molecule has 3 nitrogen and oxygen atoms in total. The molecule has 1 N–H and O–H groups in total. The molecule has 1 atom stereocenters. The highest BCUT2D eigenvalue weighted by atomic mass is 16.5. The molecule has 0 aliphatic rings. The van der Waals surface area contributed by atoms with Crippen LogP contribution >= 0.6 is 0 Å². The van der Waals surface area contributed by atoms with Gasteiger partial charge in [0, 0.05) is 6.04 Å². The quantitative estimate of drug-likeness (QED) is 0.843. The van der Waals surface area contributed by atoms with E-state index in [-0.39, 0.29) is 0 Å². The number of aryl methyl sites for hydroxylation is 1. The maximum absolute atomic E-state index is 5.30. The summed E-state index contributed by atoms with van der Waals surface area (Å²) in [5.41, 5.74) is 2.57. The van der Waals surface area contributed by atoms with E-state index in [1.165, 1.54) is 11.1 Å². The van der Waals surface area contributed by atoms with Crippen LogP contribution in [-0.4, -0.2) is 21.3 Å². The van der Waals surface area contributed by atoms with Crippen LogP contribution in [0.5, 0.6) is 11.5 Å². The molecule has 1 unspecified atom stereocenters. The molecule has 0 amide bonds. The van der Waals surface area contributed by atoms with Crippen molar-refractivity contribution in [3.8, 4) is 11.5 Å². The fourth-order valence-electron chi connectivity index (χ4n) is 2.44. The number of rotatable bonds is 7. The smallest absolute Gasteiger partial charge is 0.119 e. The molecule has 112 valence electrons. The number of nitrogens with one attached hydrogen (secondary N) is 1. The standard InChI is InChI=1S/C18H23NO2/c1-19-18(15-5-4-6-17(13-15)21-3)12-9-14-7-10-16(20-2)11-8-14/h4-8,10-11,13,18-19H,9,12H2,1-3H3. The van der Waals surface area contributed by atoms with Gasteiger partial charge in [-0.1, -0.05) is 24.3 Å². The number of hydrogen-bond acceptors (Lipinski definition) is 3. The van der Waals surface area contributed by atoms with Crippen molar-refractivity contribution in [1.82, 2.24) is 5.32 Å². The Bertz CT molecular complexity index is 551. The van der Waals surface area contributed by atoms with Gasteiger partial charge in [0.1, 0.15) is 11.5 Å². The highest BCUT2D eigenvalue weighted by Crippen LogP contribution is 2.23. The first-order valence-corrected chi connectivity index (χ1v) is 7.21. The molecule has 2 rings (SSSR count). The molecule has 0 radical (unpaired) electrons. The van der Waals surface area contributed by atoms with Gasteiger partial charge >= 0.3 is 0 Å². The van der Waals surface area contributed by atoms with Crippen LogP contribution in [0.2, 0.25) is 0 Å². The summed E-state index contributed by atoms with van der Waals surface area (Å²) < 4.78 is 10.5. The van der Waals surface area contributed by atoms with Crippen LogP contribution < -0.4 is 14.8 Å². The van der Waals surface area contributed by atoms with Crippen LogP contribution in [0.3, 0.4) is 0 Å². The van der Waals surface area contributed by atoms with Gasteiger partial charge in [-0.3, -0.25) is 0 Å². The zero-order valence-corrected chi connectivity index (χ0v) is 12.9. The number of methoxy groups -OCH3 is 2. The minimum absolute atomic E-state index is 0.321. The lowest BCUT2D eigenvalue weighted by Gasteiger charge is -2.17. The monoisotopic (exact) mass is 285 g/mol. The van der Waals surface area contributed by atoms with E-state index in [9.17, 15) is 0 Å². The fraction of sp³-hybridized carbons (Fsp3) is 0.333. The number of hydrogen-bond donors (Lipinski definition) is 1. The van der Waals surface area contributed by atoms with Crippen LogP contribution in [0.15, 0.2) is 48.5 Å². The van der Waals surface area contributed by atoms with E-state index in [1.54, 1.807) is 14.2 Å². The van der Waals surface area contributed by atoms with Gasteiger partial charge in [-0.25, -0.2) is 0 Å². The molecule has 0 heterocycles. The zero-order chi connectivity index (χ0) is 15.1. The van der Waals surface area contributed by atoms with E-state index in [2.05, 4.69) is 29.6 Å². The van der Waals surface area contributed by atoms with Gasteiger partial charge in [-0.05, 0) is 55.3 Å². The lowest BCUT2D eigenvalue weighted by atomic mass is 9.99. The highest BCUT2D eigenvalue weighted by Gasteiger charge is 2.10. The summed E-state index contributed by atoms with van der Waals surface area (Å²) in [5.74, 6) is 1.80. The molecule has 21 heavy (non-hydrogen) atoms. The Morgan fingerprint density at radius 2 is 1.67 bits per heavy atom. The van der Waals surface area contributed by atoms with E-state index in [4.69, 9.17) is 9.47 Å². The summed E-state index contributed by atoms with van der Waals surface area (Å²) in [6.45, 7) is 0. The summed E-state index contributed by atoms with van der Waals surface area (Å²) in [5, 5.41) is 3.38. The summed E-state index contributed by atoms with van der Waals surface area (Å²) in [6.07, 6.45) is 2.06. The molecule has 3 heteroatoms. The van der Waals surface area contributed by atoms with Gasteiger partial charge in [-0.2, -0.15) is 0 Å². The first-order chi connectivity index (χ1) is 10.3. The molecule has 2 aromatic rings. The molecule has 0 aromatic heterocycles. The Balaban J connectivity index is 2.01.